The van der Waals surface area contributed by atoms with Gasteiger partial charge in [0.05, 0.1) is 5.56 Å². The Balaban J connectivity index is 1.80. The Morgan fingerprint density at radius 2 is 0.864 bits per heavy atom. The summed E-state index contributed by atoms with van der Waals surface area (Å²) < 4.78 is 20.3. The number of hydrogen-bond donors (Lipinski definition) is 0. The van der Waals surface area contributed by atoms with E-state index in [1.54, 1.807) is 0 Å². The van der Waals surface area contributed by atoms with E-state index in [0.29, 0.717) is 38.8 Å². The maximum absolute atomic E-state index is 13.3. The lowest BCUT2D eigenvalue weighted by atomic mass is 9.80. The average molecular weight is 631 g/mol. The van der Waals surface area contributed by atoms with E-state index in [4.69, 9.17) is 13.6 Å². The second-order valence-electron chi connectivity index (χ2n) is 14.5. The van der Waals surface area contributed by atoms with E-state index in [1.165, 1.54) is 0 Å². The number of cyclic esters (lactones) is 1. The molecule has 1 aliphatic heterocycles. The molecule has 0 amide bonds. The molecule has 238 valence electrons. The Morgan fingerprint density at radius 3 is 1.20 bits per heavy atom. The van der Waals surface area contributed by atoms with Gasteiger partial charge in [-0.1, -0.05) is 126 Å². The van der Waals surface area contributed by atoms with Crippen LogP contribution in [0.4, 0.5) is 0 Å². The lowest BCUT2D eigenvalue weighted by molar-refractivity contribution is 0.0251. The van der Waals surface area contributed by atoms with Gasteiger partial charge in [0.2, 0.25) is 0 Å². The van der Waals surface area contributed by atoms with Crippen LogP contribution in [0, 0.1) is 0 Å². The van der Waals surface area contributed by atoms with E-state index in [-0.39, 0.29) is 5.97 Å². The molecule has 0 bridgehead atoms. The maximum Gasteiger partial charge on any atom is 0.340 e. The highest BCUT2D eigenvalue weighted by atomic mass is 28.4. The summed E-state index contributed by atoms with van der Waals surface area (Å²) in [6.45, 7) is 27.6. The van der Waals surface area contributed by atoms with Gasteiger partial charge in [-0.25, -0.2) is 4.79 Å². The number of fused-ring (bicyclic) bond motifs is 1. The molecule has 4 nitrogen and oxygen atoms in total. The smallest absolute Gasteiger partial charge is 0.340 e. The zero-order valence-corrected chi connectivity index (χ0v) is 31.0. The summed E-state index contributed by atoms with van der Waals surface area (Å²) in [6, 6.07) is 24.3. The van der Waals surface area contributed by atoms with Crippen molar-refractivity contribution in [3.05, 3.63) is 95.1 Å². The van der Waals surface area contributed by atoms with Crippen molar-refractivity contribution >= 4 is 22.6 Å². The molecule has 6 heteroatoms. The largest absolute Gasteiger partial charge is 0.543 e. The average Bonchev–Trinajstić information content (AvgIpc) is 3.27. The van der Waals surface area contributed by atoms with Crippen molar-refractivity contribution in [2.75, 3.05) is 0 Å². The Kier molecular flexibility index (Phi) is 9.96. The zero-order chi connectivity index (χ0) is 32.6. The number of esters is 1. The fraction of sp³-hybridized carbons (Fsp3) is 0.500. The van der Waals surface area contributed by atoms with Crippen molar-refractivity contribution < 1.29 is 18.4 Å². The molecule has 3 aromatic carbocycles. The lowest BCUT2D eigenvalue weighted by Crippen LogP contribution is -2.50. The summed E-state index contributed by atoms with van der Waals surface area (Å²) in [4.78, 5) is 13.3. The quantitative estimate of drug-likeness (QED) is 0.147. The van der Waals surface area contributed by atoms with Gasteiger partial charge in [-0.2, -0.15) is 0 Å². The van der Waals surface area contributed by atoms with Gasteiger partial charge in [0.1, 0.15) is 11.5 Å². The van der Waals surface area contributed by atoms with E-state index in [0.717, 1.165) is 28.2 Å². The summed E-state index contributed by atoms with van der Waals surface area (Å²) in [5.74, 6) is 1.45. The normalized spacial score (nSPS) is 15.1. The van der Waals surface area contributed by atoms with Crippen molar-refractivity contribution in [1.82, 2.24) is 0 Å². The number of rotatable bonds is 12. The monoisotopic (exact) mass is 630 g/mol. The Labute approximate surface area is 268 Å². The second kappa shape index (κ2) is 12.9. The van der Waals surface area contributed by atoms with Gasteiger partial charge >= 0.3 is 5.97 Å². The van der Waals surface area contributed by atoms with Crippen LogP contribution in [0.1, 0.15) is 110 Å². The second-order valence-corrected chi connectivity index (χ2v) is 25.3. The van der Waals surface area contributed by atoms with Crippen molar-refractivity contribution in [3.8, 4) is 11.5 Å². The molecule has 0 aliphatic carbocycles. The summed E-state index contributed by atoms with van der Waals surface area (Å²) in [5.41, 5.74) is 5.04. The molecule has 0 N–H and O–H groups in total. The van der Waals surface area contributed by atoms with Crippen LogP contribution in [0.25, 0.3) is 0 Å². The van der Waals surface area contributed by atoms with Crippen LogP contribution in [0.3, 0.4) is 0 Å². The van der Waals surface area contributed by atoms with Crippen LogP contribution in [0.2, 0.25) is 33.2 Å². The molecular weight excluding hydrogens is 577 g/mol. The number of ether oxygens (including phenoxy) is 1. The van der Waals surface area contributed by atoms with Gasteiger partial charge < -0.3 is 13.6 Å². The molecule has 44 heavy (non-hydrogen) atoms. The molecule has 0 radical (unpaired) electrons. The highest BCUT2D eigenvalue weighted by molar-refractivity contribution is 6.78. The molecule has 0 spiro atoms. The molecule has 0 unspecified atom stereocenters. The standard InChI is InChI=1S/C38H54O4Si2/c1-25(2)43(26(3)4,27(5)6)41-33-21-17-31(18-22-33)38(36-16-14-13-15-35(36)37(39)40-38)32-19-23-34(24-20-32)42-44(28(7)8,29(9)10)30(11)12/h13-30H,1-12H3. The van der Waals surface area contributed by atoms with Crippen molar-refractivity contribution in [3.63, 3.8) is 0 Å². The molecule has 0 atom stereocenters. The van der Waals surface area contributed by atoms with Gasteiger partial charge in [-0.3, -0.25) is 0 Å². The van der Waals surface area contributed by atoms with Crippen LogP contribution >= 0.6 is 0 Å². The number of carbonyl (C=O) groups is 1. The van der Waals surface area contributed by atoms with E-state index in [1.807, 2.05) is 24.3 Å². The van der Waals surface area contributed by atoms with Crippen molar-refractivity contribution in [2.45, 2.75) is 122 Å². The summed E-state index contributed by atoms with van der Waals surface area (Å²) in [7, 11) is -4.23. The number of benzene rings is 3. The van der Waals surface area contributed by atoms with Gasteiger partial charge in [-0.05, 0) is 63.6 Å². The minimum atomic E-state index is -2.12. The lowest BCUT2D eigenvalue weighted by Gasteiger charge is -2.42. The van der Waals surface area contributed by atoms with Gasteiger partial charge in [-0.15, -0.1) is 0 Å². The number of carbonyl (C=O) groups excluding carboxylic acids is 1. The Morgan fingerprint density at radius 1 is 0.523 bits per heavy atom. The molecule has 0 aromatic heterocycles. The zero-order valence-electron chi connectivity index (χ0n) is 29.0. The fourth-order valence-electron chi connectivity index (χ4n) is 8.44. The van der Waals surface area contributed by atoms with Gasteiger partial charge in [0.15, 0.2) is 5.60 Å². The molecule has 3 aromatic rings. The molecule has 4 rings (SSSR count). The number of hydrogen-bond acceptors (Lipinski definition) is 4. The maximum atomic E-state index is 13.3. The highest BCUT2D eigenvalue weighted by Crippen LogP contribution is 2.49. The van der Waals surface area contributed by atoms with Crippen LogP contribution in [-0.2, 0) is 10.3 Å². The predicted molar refractivity (Wildman–Crippen MR) is 188 cm³/mol. The SMILES string of the molecule is CC(C)[Si](Oc1ccc(C2(c3ccc(O[Si](C(C)C)(C(C)C)C(C)C)cc3)OC(=O)c3ccccc32)cc1)(C(C)C)C(C)C. The summed E-state index contributed by atoms with van der Waals surface area (Å²) in [5, 5.41) is 0. The van der Waals surface area contributed by atoms with Crippen LogP contribution < -0.4 is 8.85 Å². The first-order valence-corrected chi connectivity index (χ1v) is 20.8. The molecule has 0 saturated carbocycles. The molecule has 1 heterocycles. The van der Waals surface area contributed by atoms with Crippen molar-refractivity contribution in [1.29, 1.82) is 0 Å². The first-order chi connectivity index (χ1) is 20.6. The third-order valence-electron chi connectivity index (χ3n) is 10.3. The Bertz CT molecular complexity index is 1300. The van der Waals surface area contributed by atoms with Crippen LogP contribution in [0.5, 0.6) is 11.5 Å². The fourth-order valence-corrected chi connectivity index (χ4v) is 18.9. The van der Waals surface area contributed by atoms with Gasteiger partial charge in [0.25, 0.3) is 16.6 Å². The predicted octanol–water partition coefficient (Wildman–Crippen LogP) is 11.3. The van der Waals surface area contributed by atoms with Crippen molar-refractivity contribution in [2.24, 2.45) is 0 Å². The topological polar surface area (TPSA) is 44.8 Å². The first-order valence-electron chi connectivity index (χ1n) is 16.6. The Hall–Kier alpha value is -2.84. The summed E-state index contributed by atoms with van der Waals surface area (Å²) in [6.07, 6.45) is 0. The van der Waals surface area contributed by atoms with Crippen LogP contribution in [-0.4, -0.2) is 22.6 Å². The first kappa shape index (κ1) is 34.0. The molecular formula is C38H54O4Si2. The molecule has 0 fully saturated rings. The van der Waals surface area contributed by atoms with E-state index >= 15 is 0 Å². The third kappa shape index (κ3) is 5.57. The molecule has 0 saturated heterocycles. The van der Waals surface area contributed by atoms with E-state index in [2.05, 4.69) is 132 Å². The molecule has 1 aliphatic rings. The van der Waals surface area contributed by atoms with E-state index < -0.39 is 22.2 Å². The minimum absolute atomic E-state index is 0.307. The van der Waals surface area contributed by atoms with Gasteiger partial charge in [0, 0.05) is 16.7 Å². The third-order valence-corrected chi connectivity index (χ3v) is 22.3. The highest BCUT2D eigenvalue weighted by Gasteiger charge is 2.50. The van der Waals surface area contributed by atoms with E-state index in [9.17, 15) is 4.79 Å². The minimum Gasteiger partial charge on any atom is -0.543 e. The summed E-state index contributed by atoms with van der Waals surface area (Å²) >= 11 is 0. The van der Waals surface area contributed by atoms with Crippen LogP contribution in [0.15, 0.2) is 72.8 Å².